The van der Waals surface area contributed by atoms with Gasteiger partial charge in [0.1, 0.15) is 11.4 Å². The lowest BCUT2D eigenvalue weighted by atomic mass is 9.80. The molecule has 1 aromatic carbocycles. The van der Waals surface area contributed by atoms with Crippen LogP contribution in [0.2, 0.25) is 0 Å². The van der Waals surface area contributed by atoms with Gasteiger partial charge in [0, 0.05) is 18.5 Å². The summed E-state index contributed by atoms with van der Waals surface area (Å²) in [5, 5.41) is 11.2. The molecule has 4 nitrogen and oxygen atoms in total. The molecule has 2 atom stereocenters. The van der Waals surface area contributed by atoms with Gasteiger partial charge in [0.2, 0.25) is 0 Å². The second-order valence-electron chi connectivity index (χ2n) is 8.65. The highest BCUT2D eigenvalue weighted by Crippen LogP contribution is 2.43. The summed E-state index contributed by atoms with van der Waals surface area (Å²) in [4.78, 5) is 14.3. The van der Waals surface area contributed by atoms with E-state index < -0.39 is 11.2 Å². The number of ether oxygens (including phenoxy) is 1. The van der Waals surface area contributed by atoms with Gasteiger partial charge in [0.05, 0.1) is 5.60 Å². The Labute approximate surface area is 149 Å². The summed E-state index contributed by atoms with van der Waals surface area (Å²) < 4.78 is 19.1. The van der Waals surface area contributed by atoms with Crippen molar-refractivity contribution in [1.82, 2.24) is 4.90 Å². The minimum Gasteiger partial charge on any atom is -0.444 e. The van der Waals surface area contributed by atoms with E-state index in [9.17, 15) is 14.3 Å². The highest BCUT2D eigenvalue weighted by molar-refractivity contribution is 5.69. The predicted molar refractivity (Wildman–Crippen MR) is 93.9 cm³/mol. The largest absolute Gasteiger partial charge is 0.444 e. The van der Waals surface area contributed by atoms with Crippen molar-refractivity contribution in [2.45, 2.75) is 83.1 Å². The molecule has 1 N–H and O–H groups in total. The maximum atomic E-state index is 13.6. The molecule has 2 aliphatic rings. The Hall–Kier alpha value is -1.62. The molecular weight excluding hydrogens is 321 g/mol. The van der Waals surface area contributed by atoms with E-state index in [1.807, 2.05) is 32.6 Å². The van der Waals surface area contributed by atoms with Crippen LogP contribution in [-0.2, 0) is 11.2 Å². The van der Waals surface area contributed by atoms with E-state index in [1.54, 1.807) is 6.07 Å². The van der Waals surface area contributed by atoms with Crippen LogP contribution in [0.4, 0.5) is 9.18 Å². The number of carbonyl (C=O) groups is 1. The molecule has 2 aliphatic heterocycles. The summed E-state index contributed by atoms with van der Waals surface area (Å²) in [7, 11) is 0. The number of halogens is 1. The number of piperidine rings is 1. The SMILES string of the molecule is Cc1ccc(F)cc1CC1(O)CC2CCC(C1)N2C(=O)OC(C)(C)C. The number of fused-ring (bicyclic) bond motifs is 2. The third-order valence-corrected chi connectivity index (χ3v) is 5.29. The fraction of sp³-hybridized carbons (Fsp3) is 0.650. The van der Waals surface area contributed by atoms with Crippen molar-refractivity contribution in [3.8, 4) is 0 Å². The number of rotatable bonds is 2. The maximum absolute atomic E-state index is 13.6. The van der Waals surface area contributed by atoms with Crippen molar-refractivity contribution in [3.63, 3.8) is 0 Å². The van der Waals surface area contributed by atoms with Crippen LogP contribution in [0.15, 0.2) is 18.2 Å². The summed E-state index contributed by atoms with van der Waals surface area (Å²) in [5.41, 5.74) is 0.399. The lowest BCUT2D eigenvalue weighted by molar-refractivity contribution is -0.0580. The van der Waals surface area contributed by atoms with Gasteiger partial charge in [0.25, 0.3) is 0 Å². The van der Waals surface area contributed by atoms with E-state index in [0.717, 1.165) is 24.0 Å². The lowest BCUT2D eigenvalue weighted by Crippen LogP contribution is -2.55. The molecule has 0 aliphatic carbocycles. The molecule has 2 unspecified atom stereocenters. The van der Waals surface area contributed by atoms with Gasteiger partial charge in [-0.2, -0.15) is 0 Å². The van der Waals surface area contributed by atoms with Crippen LogP contribution in [0.1, 0.15) is 57.6 Å². The number of hydrogen-bond acceptors (Lipinski definition) is 3. The van der Waals surface area contributed by atoms with Gasteiger partial charge in [-0.25, -0.2) is 9.18 Å². The molecule has 3 rings (SSSR count). The van der Waals surface area contributed by atoms with Crippen LogP contribution >= 0.6 is 0 Å². The van der Waals surface area contributed by atoms with Crippen LogP contribution in [0, 0.1) is 12.7 Å². The Bertz CT molecular complexity index is 653. The third-order valence-electron chi connectivity index (χ3n) is 5.29. The second-order valence-corrected chi connectivity index (χ2v) is 8.65. The van der Waals surface area contributed by atoms with Gasteiger partial charge in [-0.15, -0.1) is 0 Å². The van der Waals surface area contributed by atoms with Crippen molar-refractivity contribution in [2.75, 3.05) is 0 Å². The van der Waals surface area contributed by atoms with Crippen LogP contribution < -0.4 is 0 Å². The van der Waals surface area contributed by atoms with Gasteiger partial charge in [-0.05, 0) is 76.6 Å². The predicted octanol–water partition coefficient (Wildman–Crippen LogP) is 3.97. The molecule has 2 saturated heterocycles. The van der Waals surface area contributed by atoms with Crippen molar-refractivity contribution < 1.29 is 19.0 Å². The smallest absolute Gasteiger partial charge is 0.410 e. The highest BCUT2D eigenvalue weighted by atomic mass is 19.1. The molecule has 0 saturated carbocycles. The number of aryl methyl sites for hydroxylation is 1. The Morgan fingerprint density at radius 2 is 1.92 bits per heavy atom. The summed E-state index contributed by atoms with van der Waals surface area (Å²) >= 11 is 0. The van der Waals surface area contributed by atoms with Crippen LogP contribution in [0.5, 0.6) is 0 Å². The van der Waals surface area contributed by atoms with Gasteiger partial charge in [0.15, 0.2) is 0 Å². The zero-order valence-corrected chi connectivity index (χ0v) is 15.5. The van der Waals surface area contributed by atoms with Crippen molar-refractivity contribution in [3.05, 3.63) is 35.1 Å². The first-order chi connectivity index (χ1) is 11.6. The molecule has 1 aromatic rings. The lowest BCUT2D eigenvalue weighted by Gasteiger charge is -2.44. The van der Waals surface area contributed by atoms with E-state index in [2.05, 4.69) is 0 Å². The molecule has 2 heterocycles. The molecule has 1 amide bonds. The number of hydrogen-bond donors (Lipinski definition) is 1. The van der Waals surface area contributed by atoms with Gasteiger partial charge in [-0.3, -0.25) is 0 Å². The van der Waals surface area contributed by atoms with Gasteiger partial charge >= 0.3 is 6.09 Å². The third kappa shape index (κ3) is 3.97. The van der Waals surface area contributed by atoms with Crippen molar-refractivity contribution >= 4 is 6.09 Å². The maximum Gasteiger partial charge on any atom is 0.410 e. The standard InChI is InChI=1S/C20H28FNO3/c1-13-5-6-15(21)9-14(13)10-20(24)11-16-7-8-17(12-20)22(16)18(23)25-19(2,3)4/h5-6,9,16-17,24H,7-8,10-12H2,1-4H3. The minimum atomic E-state index is -0.900. The van der Waals surface area contributed by atoms with Crippen LogP contribution in [-0.4, -0.2) is 39.4 Å². The minimum absolute atomic E-state index is 0.00698. The van der Waals surface area contributed by atoms with E-state index in [1.165, 1.54) is 12.1 Å². The van der Waals surface area contributed by atoms with E-state index in [-0.39, 0.29) is 24.0 Å². The first-order valence-electron chi connectivity index (χ1n) is 9.05. The molecule has 2 bridgehead atoms. The average Bonchev–Trinajstić information content (AvgIpc) is 2.74. The normalized spacial score (nSPS) is 29.0. The summed E-state index contributed by atoms with van der Waals surface area (Å²) in [6.07, 6.45) is 2.93. The molecular formula is C20H28FNO3. The van der Waals surface area contributed by atoms with Gasteiger partial charge < -0.3 is 14.7 Å². The Balaban J connectivity index is 1.74. The monoisotopic (exact) mass is 349 g/mol. The van der Waals surface area contributed by atoms with Crippen LogP contribution in [0.25, 0.3) is 0 Å². The van der Waals surface area contributed by atoms with Crippen LogP contribution in [0.3, 0.4) is 0 Å². The summed E-state index contributed by atoms with van der Waals surface area (Å²) in [6.45, 7) is 7.52. The highest BCUT2D eigenvalue weighted by Gasteiger charge is 2.50. The fourth-order valence-electron chi connectivity index (χ4n) is 4.26. The fourth-order valence-corrected chi connectivity index (χ4v) is 4.26. The molecule has 5 heteroatoms. The molecule has 138 valence electrons. The first-order valence-corrected chi connectivity index (χ1v) is 9.05. The van der Waals surface area contributed by atoms with E-state index in [0.29, 0.717) is 19.3 Å². The molecule has 2 fully saturated rings. The number of benzene rings is 1. The molecule has 0 aromatic heterocycles. The summed E-state index contributed by atoms with van der Waals surface area (Å²) in [5.74, 6) is -0.279. The Kier molecular flexibility index (Phi) is 4.56. The number of amides is 1. The number of nitrogens with zero attached hydrogens (tertiary/aromatic N) is 1. The van der Waals surface area contributed by atoms with Gasteiger partial charge in [-0.1, -0.05) is 6.07 Å². The topological polar surface area (TPSA) is 49.8 Å². The molecule has 0 spiro atoms. The Morgan fingerprint density at radius 3 is 2.48 bits per heavy atom. The average molecular weight is 349 g/mol. The molecule has 25 heavy (non-hydrogen) atoms. The van der Waals surface area contributed by atoms with Crippen molar-refractivity contribution in [2.24, 2.45) is 0 Å². The van der Waals surface area contributed by atoms with Crippen molar-refractivity contribution in [1.29, 1.82) is 0 Å². The summed E-state index contributed by atoms with van der Waals surface area (Å²) in [6, 6.07) is 4.69. The quantitative estimate of drug-likeness (QED) is 0.879. The number of aliphatic hydroxyl groups is 1. The number of carbonyl (C=O) groups excluding carboxylic acids is 1. The second kappa shape index (κ2) is 6.27. The zero-order valence-electron chi connectivity index (χ0n) is 15.5. The van der Waals surface area contributed by atoms with E-state index in [4.69, 9.17) is 4.74 Å². The Morgan fingerprint density at radius 1 is 1.32 bits per heavy atom. The van der Waals surface area contributed by atoms with E-state index >= 15 is 0 Å². The zero-order chi connectivity index (χ0) is 18.4. The first kappa shape index (κ1) is 18.2. The molecule has 0 radical (unpaired) electrons.